The minimum absolute atomic E-state index is 0.134. The molecular formula is C24H37NO3Sn. The first-order valence-corrected chi connectivity index (χ1v) is 18.8. The van der Waals surface area contributed by atoms with Crippen LogP contribution in [-0.2, 0) is 6.54 Å². The zero-order chi connectivity index (χ0) is 21.4. The molecule has 2 aromatic rings. The number of unbranched alkanes of at least 4 members (excludes halogenated alkanes) is 3. The fraction of sp³-hybridized carbons (Fsp3) is 0.583. The fourth-order valence-corrected chi connectivity index (χ4v) is 20.4. The second kappa shape index (κ2) is 11.2. The van der Waals surface area contributed by atoms with Crippen molar-refractivity contribution >= 4 is 38.8 Å². The first kappa shape index (κ1) is 24.0. The van der Waals surface area contributed by atoms with Crippen molar-refractivity contribution in [3.05, 3.63) is 40.2 Å². The van der Waals surface area contributed by atoms with Crippen LogP contribution in [0.3, 0.4) is 0 Å². The Bertz CT molecular complexity index is 866. The van der Waals surface area contributed by atoms with Gasteiger partial charge in [-0.15, -0.1) is 0 Å². The molecule has 29 heavy (non-hydrogen) atoms. The molecule has 0 aliphatic heterocycles. The molecule has 0 aliphatic carbocycles. The zero-order valence-corrected chi connectivity index (χ0v) is 21.4. The van der Waals surface area contributed by atoms with Crippen molar-refractivity contribution in [3.8, 4) is 0 Å². The number of aromatic carboxylic acids is 1. The molecule has 0 spiro atoms. The average Bonchev–Trinajstić information content (AvgIpc) is 2.73. The molecule has 2 rings (SSSR count). The molecule has 0 saturated heterocycles. The third-order valence-corrected chi connectivity index (χ3v) is 21.9. The van der Waals surface area contributed by atoms with E-state index in [1.165, 1.54) is 61.6 Å². The van der Waals surface area contributed by atoms with Crippen molar-refractivity contribution in [1.29, 1.82) is 0 Å². The summed E-state index contributed by atoms with van der Waals surface area (Å²) in [6.07, 6.45) is 9.09. The minimum atomic E-state index is -2.60. The van der Waals surface area contributed by atoms with Crippen molar-refractivity contribution in [2.24, 2.45) is 0 Å². The molecule has 0 saturated carbocycles. The van der Waals surface area contributed by atoms with Crippen LogP contribution in [0.4, 0.5) is 0 Å². The van der Waals surface area contributed by atoms with Gasteiger partial charge in [-0.2, -0.15) is 0 Å². The summed E-state index contributed by atoms with van der Waals surface area (Å²) in [4.78, 5) is 24.2. The molecule has 0 amide bonds. The van der Waals surface area contributed by atoms with Crippen LogP contribution in [0.15, 0.2) is 29.2 Å². The molecular weight excluding hydrogens is 469 g/mol. The summed E-state index contributed by atoms with van der Waals surface area (Å²) in [5.74, 6) is -1.15. The van der Waals surface area contributed by atoms with Crippen LogP contribution in [0, 0.1) is 0 Å². The Balaban J connectivity index is 2.69. The average molecular weight is 506 g/mol. The molecule has 0 fully saturated rings. The summed E-state index contributed by atoms with van der Waals surface area (Å²) in [6.45, 7) is 9.49. The molecule has 0 radical (unpaired) electrons. The van der Waals surface area contributed by atoms with Crippen LogP contribution in [0.2, 0.25) is 13.3 Å². The molecule has 0 bridgehead atoms. The number of rotatable bonds is 12. The molecule has 1 N–H and O–H groups in total. The van der Waals surface area contributed by atoms with E-state index in [-0.39, 0.29) is 11.0 Å². The fourth-order valence-electron chi connectivity index (χ4n) is 4.49. The van der Waals surface area contributed by atoms with Crippen LogP contribution < -0.4 is 9.01 Å². The van der Waals surface area contributed by atoms with E-state index in [1.54, 1.807) is 0 Å². The molecule has 1 aromatic heterocycles. The van der Waals surface area contributed by atoms with Gasteiger partial charge in [0.05, 0.1) is 0 Å². The first-order valence-electron chi connectivity index (χ1n) is 11.3. The second-order valence-corrected chi connectivity index (χ2v) is 21.5. The quantitative estimate of drug-likeness (QED) is 0.372. The maximum atomic E-state index is 12.7. The Morgan fingerprint density at radius 2 is 1.52 bits per heavy atom. The van der Waals surface area contributed by atoms with Gasteiger partial charge in [-0.1, -0.05) is 0 Å². The van der Waals surface area contributed by atoms with Gasteiger partial charge >= 0.3 is 180 Å². The number of aromatic nitrogens is 1. The maximum absolute atomic E-state index is 12.7. The molecule has 1 aromatic carbocycles. The number of aryl methyl sites for hydroxylation is 1. The zero-order valence-electron chi connectivity index (χ0n) is 18.6. The van der Waals surface area contributed by atoms with Gasteiger partial charge in [0.1, 0.15) is 0 Å². The molecule has 0 aliphatic rings. The van der Waals surface area contributed by atoms with Crippen LogP contribution in [-0.4, -0.2) is 34.0 Å². The first-order chi connectivity index (χ1) is 13.9. The van der Waals surface area contributed by atoms with Crippen molar-refractivity contribution < 1.29 is 9.90 Å². The van der Waals surface area contributed by atoms with E-state index in [4.69, 9.17) is 0 Å². The van der Waals surface area contributed by atoms with Crippen LogP contribution in [0.5, 0.6) is 0 Å². The van der Waals surface area contributed by atoms with Crippen LogP contribution >= 0.6 is 0 Å². The molecule has 1 heterocycles. The van der Waals surface area contributed by atoms with E-state index in [2.05, 4.69) is 32.9 Å². The monoisotopic (exact) mass is 507 g/mol. The topological polar surface area (TPSA) is 59.3 Å². The van der Waals surface area contributed by atoms with Crippen molar-refractivity contribution in [1.82, 2.24) is 4.57 Å². The van der Waals surface area contributed by atoms with Gasteiger partial charge in [0.2, 0.25) is 0 Å². The number of pyridine rings is 1. The number of hydrogen-bond acceptors (Lipinski definition) is 2. The number of carboxylic acid groups (broad SMARTS) is 1. The summed E-state index contributed by atoms with van der Waals surface area (Å²) in [5, 5.41) is 9.96. The Morgan fingerprint density at radius 1 is 0.966 bits per heavy atom. The summed E-state index contributed by atoms with van der Waals surface area (Å²) in [5.41, 5.74) is 0.413. The van der Waals surface area contributed by atoms with E-state index in [9.17, 15) is 14.7 Å². The summed E-state index contributed by atoms with van der Waals surface area (Å²) in [7, 11) is 0. The number of hydrogen-bond donors (Lipinski definition) is 1. The van der Waals surface area contributed by atoms with Crippen molar-refractivity contribution in [2.45, 2.75) is 86.1 Å². The van der Waals surface area contributed by atoms with Gasteiger partial charge in [-0.3, -0.25) is 0 Å². The molecule has 5 heteroatoms. The third kappa shape index (κ3) is 5.44. The Morgan fingerprint density at radius 3 is 1.97 bits per heavy atom. The molecule has 4 nitrogen and oxygen atoms in total. The number of fused-ring (bicyclic) bond motifs is 1. The summed E-state index contributed by atoms with van der Waals surface area (Å²) < 4.78 is 7.59. The van der Waals surface area contributed by atoms with Crippen LogP contribution in [0.1, 0.15) is 76.6 Å². The van der Waals surface area contributed by atoms with Crippen molar-refractivity contribution in [2.75, 3.05) is 0 Å². The normalized spacial score (nSPS) is 11.9. The van der Waals surface area contributed by atoms with Gasteiger partial charge in [0.25, 0.3) is 0 Å². The van der Waals surface area contributed by atoms with Gasteiger partial charge in [-0.25, -0.2) is 0 Å². The van der Waals surface area contributed by atoms with Gasteiger partial charge in [-0.05, 0) is 0 Å². The molecule has 160 valence electrons. The standard InChI is InChI=1S/C12H10NO3.3C4H9.Sn/c1-2-13-7-9(12(15)16)11(14)8-5-3-4-6-10(8)13;3*1-3-4-2;/h3,5-7H,2H2,1H3,(H,15,16);3*1,3-4H2,2H3;. The molecule has 0 atom stereocenters. The van der Waals surface area contributed by atoms with E-state index in [0.29, 0.717) is 11.9 Å². The predicted octanol–water partition coefficient (Wildman–Crippen LogP) is 5.78. The van der Waals surface area contributed by atoms with Gasteiger partial charge < -0.3 is 0 Å². The van der Waals surface area contributed by atoms with Crippen LogP contribution in [0.25, 0.3) is 10.9 Å². The van der Waals surface area contributed by atoms with E-state index in [1.807, 2.05) is 17.6 Å². The van der Waals surface area contributed by atoms with E-state index < -0.39 is 24.3 Å². The van der Waals surface area contributed by atoms with Crippen molar-refractivity contribution in [3.63, 3.8) is 0 Å². The van der Waals surface area contributed by atoms with E-state index >= 15 is 0 Å². The SMILES string of the molecule is CCC[CH2][Sn]([CH2]CCC)([CH2]CCC)[c]1ccc2c(=O)c(C(=O)O)cn(CC)c2c1. The number of carbonyl (C=O) groups is 1. The second-order valence-electron chi connectivity index (χ2n) is 8.29. The predicted molar refractivity (Wildman–Crippen MR) is 125 cm³/mol. The Labute approximate surface area is 179 Å². The molecule has 0 unspecified atom stereocenters. The third-order valence-electron chi connectivity index (χ3n) is 6.29. The Hall–Kier alpha value is -1.30. The Kier molecular flexibility index (Phi) is 9.25. The van der Waals surface area contributed by atoms with E-state index in [0.717, 1.165) is 5.52 Å². The number of nitrogens with zero attached hydrogens (tertiary/aromatic N) is 1. The number of benzene rings is 1. The van der Waals surface area contributed by atoms with Gasteiger partial charge in [0, 0.05) is 0 Å². The van der Waals surface area contributed by atoms with Gasteiger partial charge in [0.15, 0.2) is 0 Å². The number of carboxylic acids is 1. The summed E-state index contributed by atoms with van der Waals surface area (Å²) in [6, 6.07) is 6.37. The summed E-state index contributed by atoms with van der Waals surface area (Å²) >= 11 is -2.60.